The summed E-state index contributed by atoms with van der Waals surface area (Å²) in [6.07, 6.45) is 7.38. The van der Waals surface area contributed by atoms with Gasteiger partial charge in [-0.05, 0) is 12.8 Å². The monoisotopic (exact) mass is 304 g/mol. The highest BCUT2D eigenvalue weighted by Gasteiger charge is 2.25. The smallest absolute Gasteiger partial charge is 0.296 e. The van der Waals surface area contributed by atoms with Crippen molar-refractivity contribution in [2.75, 3.05) is 0 Å². The van der Waals surface area contributed by atoms with Gasteiger partial charge in [0.05, 0.1) is 18.1 Å². The molecule has 4 rings (SSSR count). The summed E-state index contributed by atoms with van der Waals surface area (Å²) in [5, 5.41) is 5.19. The van der Waals surface area contributed by atoms with E-state index in [9.17, 15) is 4.79 Å². The Labute approximate surface area is 124 Å². The highest BCUT2D eigenvalue weighted by molar-refractivity contribution is 6.33. The van der Waals surface area contributed by atoms with Crippen molar-refractivity contribution in [1.82, 2.24) is 28.9 Å². The second-order valence-electron chi connectivity index (χ2n) is 5.28. The topological polar surface area (TPSA) is 70.5 Å². The number of hydrogen-bond donors (Lipinski definition) is 0. The summed E-state index contributed by atoms with van der Waals surface area (Å²) in [6.45, 7) is 0.305. The number of halogens is 1. The van der Waals surface area contributed by atoms with Crippen LogP contribution in [0, 0.1) is 0 Å². The minimum absolute atomic E-state index is 0.0256. The molecule has 0 bridgehead atoms. The van der Waals surface area contributed by atoms with Crippen molar-refractivity contribution in [1.29, 1.82) is 0 Å². The molecule has 0 N–H and O–H groups in total. The van der Waals surface area contributed by atoms with Gasteiger partial charge in [-0.15, -0.1) is 0 Å². The van der Waals surface area contributed by atoms with Crippen LogP contribution in [0.4, 0.5) is 0 Å². The molecule has 3 heterocycles. The van der Waals surface area contributed by atoms with Crippen LogP contribution in [0.2, 0.25) is 5.15 Å². The summed E-state index contributed by atoms with van der Waals surface area (Å²) in [6, 6.07) is 0.364. The molecule has 1 aliphatic carbocycles. The zero-order chi connectivity index (χ0) is 14.6. The van der Waals surface area contributed by atoms with E-state index in [2.05, 4.69) is 15.1 Å². The second-order valence-corrected chi connectivity index (χ2v) is 5.64. The van der Waals surface area contributed by atoms with Crippen LogP contribution in [-0.2, 0) is 13.6 Å². The first kappa shape index (κ1) is 12.6. The number of nitrogens with zero attached hydrogens (tertiary/aromatic N) is 6. The predicted octanol–water partition coefficient (Wildman–Crippen LogP) is 1.36. The van der Waals surface area contributed by atoms with E-state index >= 15 is 0 Å². The average molecular weight is 305 g/mol. The van der Waals surface area contributed by atoms with Gasteiger partial charge in [0.25, 0.3) is 0 Å². The quantitative estimate of drug-likeness (QED) is 0.685. The fraction of sp³-hybridized carbons (Fsp3) is 0.385. The fourth-order valence-corrected chi connectivity index (χ4v) is 2.66. The summed E-state index contributed by atoms with van der Waals surface area (Å²) in [4.78, 5) is 20.9. The third-order valence-corrected chi connectivity index (χ3v) is 4.01. The lowest BCUT2D eigenvalue weighted by molar-refractivity contribution is 0.643. The van der Waals surface area contributed by atoms with Gasteiger partial charge >= 0.3 is 5.69 Å². The lowest BCUT2D eigenvalue weighted by atomic mass is 10.4. The SMILES string of the molecule is Cn1ncc2c(Cl)nc(Cn3ccn(C4CC4)c3=O)nc21. The molecule has 3 aromatic heterocycles. The summed E-state index contributed by atoms with van der Waals surface area (Å²) in [5.74, 6) is 0.506. The largest absolute Gasteiger partial charge is 0.328 e. The van der Waals surface area contributed by atoms with Crippen LogP contribution in [0.1, 0.15) is 24.7 Å². The normalized spacial score (nSPS) is 15.0. The van der Waals surface area contributed by atoms with Crippen LogP contribution in [0.15, 0.2) is 23.4 Å². The van der Waals surface area contributed by atoms with E-state index in [1.54, 1.807) is 33.3 Å². The number of aromatic nitrogens is 6. The van der Waals surface area contributed by atoms with E-state index in [0.29, 0.717) is 34.6 Å². The van der Waals surface area contributed by atoms with E-state index in [0.717, 1.165) is 12.8 Å². The third-order valence-electron chi connectivity index (χ3n) is 3.72. The van der Waals surface area contributed by atoms with Crippen molar-refractivity contribution >= 4 is 22.6 Å². The summed E-state index contributed by atoms with van der Waals surface area (Å²) < 4.78 is 5.01. The Hall–Kier alpha value is -2.15. The van der Waals surface area contributed by atoms with Crippen molar-refractivity contribution in [3.63, 3.8) is 0 Å². The van der Waals surface area contributed by atoms with Crippen LogP contribution >= 0.6 is 11.6 Å². The van der Waals surface area contributed by atoms with Crippen LogP contribution in [-0.4, -0.2) is 28.9 Å². The molecule has 21 heavy (non-hydrogen) atoms. The predicted molar refractivity (Wildman–Crippen MR) is 77.4 cm³/mol. The minimum Gasteiger partial charge on any atom is -0.296 e. The first-order valence-corrected chi connectivity index (χ1v) is 7.12. The van der Waals surface area contributed by atoms with Gasteiger partial charge in [0.15, 0.2) is 11.5 Å². The molecule has 7 nitrogen and oxygen atoms in total. The van der Waals surface area contributed by atoms with Crippen molar-refractivity contribution in [2.45, 2.75) is 25.4 Å². The minimum atomic E-state index is -0.0256. The number of imidazole rings is 1. The maximum atomic E-state index is 12.2. The molecule has 1 aliphatic rings. The maximum Gasteiger partial charge on any atom is 0.328 e. The molecule has 0 amide bonds. The van der Waals surface area contributed by atoms with E-state index in [-0.39, 0.29) is 5.69 Å². The van der Waals surface area contributed by atoms with Crippen LogP contribution in [0.25, 0.3) is 11.0 Å². The molecule has 8 heteroatoms. The van der Waals surface area contributed by atoms with E-state index in [1.807, 2.05) is 6.20 Å². The lowest BCUT2D eigenvalue weighted by Gasteiger charge is -2.03. The molecule has 1 fully saturated rings. The summed E-state index contributed by atoms with van der Waals surface area (Å²) in [7, 11) is 1.80. The van der Waals surface area contributed by atoms with Gasteiger partial charge < -0.3 is 0 Å². The van der Waals surface area contributed by atoms with Crippen LogP contribution in [0.3, 0.4) is 0 Å². The molecule has 0 radical (unpaired) electrons. The summed E-state index contributed by atoms with van der Waals surface area (Å²) >= 11 is 6.15. The molecule has 0 aromatic carbocycles. The Kier molecular flexibility index (Phi) is 2.65. The average Bonchev–Trinajstić information content (AvgIpc) is 3.14. The molecule has 0 atom stereocenters. The van der Waals surface area contributed by atoms with Crippen molar-refractivity contribution in [3.05, 3.63) is 40.1 Å². The highest BCUT2D eigenvalue weighted by Crippen LogP contribution is 2.33. The number of fused-ring (bicyclic) bond motifs is 1. The van der Waals surface area contributed by atoms with Gasteiger partial charge in [0.2, 0.25) is 0 Å². The standard InChI is InChI=1S/C13H13ClN6O/c1-18-12-9(6-15-18)11(14)16-10(17-12)7-19-4-5-20(13(19)21)8-2-3-8/h4-6,8H,2-3,7H2,1H3. The lowest BCUT2D eigenvalue weighted by Crippen LogP contribution is -2.24. The molecule has 108 valence electrons. The van der Waals surface area contributed by atoms with Gasteiger partial charge in [-0.25, -0.2) is 14.8 Å². The van der Waals surface area contributed by atoms with Gasteiger partial charge in [0, 0.05) is 25.5 Å². The molecule has 0 aliphatic heterocycles. The van der Waals surface area contributed by atoms with Gasteiger partial charge in [-0.2, -0.15) is 5.10 Å². The zero-order valence-electron chi connectivity index (χ0n) is 11.4. The molecular weight excluding hydrogens is 292 g/mol. The maximum absolute atomic E-state index is 12.2. The van der Waals surface area contributed by atoms with Gasteiger partial charge in [-0.3, -0.25) is 13.8 Å². The Morgan fingerprint density at radius 2 is 2.14 bits per heavy atom. The third kappa shape index (κ3) is 2.04. The van der Waals surface area contributed by atoms with E-state index < -0.39 is 0 Å². The first-order chi connectivity index (χ1) is 10.1. The molecule has 0 spiro atoms. The van der Waals surface area contributed by atoms with Crippen molar-refractivity contribution in [2.24, 2.45) is 7.05 Å². The molecule has 0 unspecified atom stereocenters. The number of rotatable bonds is 3. The Morgan fingerprint density at radius 1 is 1.33 bits per heavy atom. The second kappa shape index (κ2) is 4.42. The van der Waals surface area contributed by atoms with Crippen LogP contribution in [0.5, 0.6) is 0 Å². The molecule has 0 saturated heterocycles. The zero-order valence-corrected chi connectivity index (χ0v) is 12.2. The highest BCUT2D eigenvalue weighted by atomic mass is 35.5. The van der Waals surface area contributed by atoms with Gasteiger partial charge in [-0.1, -0.05) is 11.6 Å². The first-order valence-electron chi connectivity index (χ1n) is 6.75. The molecular formula is C13H13ClN6O. The van der Waals surface area contributed by atoms with E-state index in [1.165, 1.54) is 0 Å². The van der Waals surface area contributed by atoms with Crippen molar-refractivity contribution in [3.8, 4) is 0 Å². The number of aryl methyl sites for hydroxylation is 1. The summed E-state index contributed by atoms with van der Waals surface area (Å²) in [5.41, 5.74) is 0.641. The van der Waals surface area contributed by atoms with Crippen LogP contribution < -0.4 is 5.69 Å². The molecule has 1 saturated carbocycles. The fourth-order valence-electron chi connectivity index (χ4n) is 2.43. The Balaban J connectivity index is 1.74. The van der Waals surface area contributed by atoms with E-state index in [4.69, 9.17) is 11.6 Å². The Bertz CT molecular complexity index is 888. The van der Waals surface area contributed by atoms with Gasteiger partial charge in [0.1, 0.15) is 5.15 Å². The molecule has 3 aromatic rings. The Morgan fingerprint density at radius 3 is 2.90 bits per heavy atom. The number of hydrogen-bond acceptors (Lipinski definition) is 4. The van der Waals surface area contributed by atoms with Crippen molar-refractivity contribution < 1.29 is 0 Å².